The molecule has 1 saturated carbocycles. The van der Waals surface area contributed by atoms with E-state index in [1.54, 1.807) is 0 Å². The summed E-state index contributed by atoms with van der Waals surface area (Å²) in [6.45, 7) is 4.42. The van der Waals surface area contributed by atoms with Crippen molar-refractivity contribution >= 4 is 10.0 Å². The molecule has 0 radical (unpaired) electrons. The van der Waals surface area contributed by atoms with E-state index in [1.807, 2.05) is 0 Å². The Kier molecular flexibility index (Phi) is 3.35. The van der Waals surface area contributed by atoms with Crippen LogP contribution in [-0.4, -0.2) is 20.7 Å². The average molecular weight is 205 g/mol. The van der Waals surface area contributed by atoms with Crippen LogP contribution in [0, 0.1) is 11.8 Å². The first kappa shape index (κ1) is 11.0. The molecule has 0 spiro atoms. The second kappa shape index (κ2) is 3.96. The third-order valence-electron chi connectivity index (χ3n) is 3.00. The smallest absolute Gasteiger partial charge is 0.208 e. The minimum Gasteiger partial charge on any atom is -0.213 e. The summed E-state index contributed by atoms with van der Waals surface area (Å²) in [6, 6.07) is 0.203. The third kappa shape index (κ3) is 3.27. The molecule has 0 saturated heterocycles. The van der Waals surface area contributed by atoms with Gasteiger partial charge in [0.05, 0.1) is 6.26 Å². The summed E-state index contributed by atoms with van der Waals surface area (Å²) in [7, 11) is -2.99. The summed E-state index contributed by atoms with van der Waals surface area (Å²) in [5.41, 5.74) is 0. The molecule has 1 atom stereocenters. The van der Waals surface area contributed by atoms with Crippen LogP contribution in [0.3, 0.4) is 0 Å². The fraction of sp³-hybridized carbons (Fsp3) is 1.00. The van der Waals surface area contributed by atoms with Crippen LogP contribution in [-0.2, 0) is 10.0 Å². The van der Waals surface area contributed by atoms with Gasteiger partial charge in [-0.1, -0.05) is 20.3 Å². The van der Waals surface area contributed by atoms with E-state index < -0.39 is 10.0 Å². The topological polar surface area (TPSA) is 46.2 Å². The Morgan fingerprint density at radius 3 is 2.38 bits per heavy atom. The first-order chi connectivity index (χ1) is 5.92. The van der Waals surface area contributed by atoms with E-state index in [0.717, 1.165) is 24.7 Å². The highest BCUT2D eigenvalue weighted by molar-refractivity contribution is 7.88. The molecular formula is C9H19NO2S. The van der Waals surface area contributed by atoms with Crippen LogP contribution in [0.25, 0.3) is 0 Å². The molecule has 1 unspecified atom stereocenters. The largest absolute Gasteiger partial charge is 0.213 e. The first-order valence-electron chi connectivity index (χ1n) is 4.89. The molecule has 0 aromatic rings. The minimum absolute atomic E-state index is 0.203. The van der Waals surface area contributed by atoms with E-state index in [2.05, 4.69) is 18.6 Å². The normalized spacial score (nSPS) is 31.0. The van der Waals surface area contributed by atoms with Gasteiger partial charge in [0.15, 0.2) is 0 Å². The molecule has 0 heterocycles. The van der Waals surface area contributed by atoms with Gasteiger partial charge in [-0.25, -0.2) is 13.1 Å². The maximum atomic E-state index is 10.9. The number of hydrogen-bond acceptors (Lipinski definition) is 2. The first-order valence-corrected chi connectivity index (χ1v) is 6.78. The van der Waals surface area contributed by atoms with E-state index in [-0.39, 0.29) is 6.04 Å². The van der Waals surface area contributed by atoms with Crippen LogP contribution in [0.2, 0.25) is 0 Å². The highest BCUT2D eigenvalue weighted by atomic mass is 32.2. The average Bonchev–Trinajstić information content (AvgIpc) is 1.92. The SMILES string of the molecule is CCC(C)C1CC(NS(C)(=O)=O)C1. The van der Waals surface area contributed by atoms with Gasteiger partial charge in [-0.15, -0.1) is 0 Å². The molecule has 1 fully saturated rings. The molecule has 0 amide bonds. The quantitative estimate of drug-likeness (QED) is 0.753. The molecule has 0 aliphatic heterocycles. The zero-order chi connectivity index (χ0) is 10.1. The van der Waals surface area contributed by atoms with Crippen molar-refractivity contribution < 1.29 is 8.42 Å². The van der Waals surface area contributed by atoms with Crippen LogP contribution in [0.4, 0.5) is 0 Å². The van der Waals surface area contributed by atoms with Crippen LogP contribution in [0.15, 0.2) is 0 Å². The predicted octanol–water partition coefficient (Wildman–Crippen LogP) is 1.36. The molecule has 1 rings (SSSR count). The highest BCUT2D eigenvalue weighted by Crippen LogP contribution is 2.35. The van der Waals surface area contributed by atoms with Crippen LogP contribution in [0.5, 0.6) is 0 Å². The molecule has 0 bridgehead atoms. The van der Waals surface area contributed by atoms with E-state index in [9.17, 15) is 8.42 Å². The Morgan fingerprint density at radius 2 is 2.00 bits per heavy atom. The van der Waals surface area contributed by atoms with Crippen molar-refractivity contribution in [2.75, 3.05) is 6.26 Å². The summed E-state index contributed by atoms with van der Waals surface area (Å²) in [6.07, 6.45) is 4.45. The number of rotatable bonds is 4. The molecule has 4 heteroatoms. The van der Waals surface area contributed by atoms with Gasteiger partial charge >= 0.3 is 0 Å². The molecule has 0 aromatic heterocycles. The Morgan fingerprint density at radius 1 is 1.46 bits per heavy atom. The molecule has 3 nitrogen and oxygen atoms in total. The zero-order valence-corrected chi connectivity index (χ0v) is 9.39. The van der Waals surface area contributed by atoms with Crippen LogP contribution < -0.4 is 4.72 Å². The van der Waals surface area contributed by atoms with Crippen molar-refractivity contribution in [3.63, 3.8) is 0 Å². The van der Waals surface area contributed by atoms with Crippen molar-refractivity contribution in [1.29, 1.82) is 0 Å². The summed E-state index contributed by atoms with van der Waals surface area (Å²) >= 11 is 0. The molecule has 1 aliphatic carbocycles. The van der Waals surface area contributed by atoms with Crippen LogP contribution >= 0.6 is 0 Å². The molecule has 78 valence electrons. The standard InChI is InChI=1S/C9H19NO2S/c1-4-7(2)8-5-9(6-8)10-13(3,11)12/h7-10H,4-6H2,1-3H3. The van der Waals surface area contributed by atoms with Gasteiger partial charge < -0.3 is 0 Å². The van der Waals surface area contributed by atoms with Crippen molar-refractivity contribution in [3.05, 3.63) is 0 Å². The summed E-state index contributed by atoms with van der Waals surface area (Å²) in [5.74, 6) is 1.46. The Hall–Kier alpha value is -0.0900. The van der Waals surface area contributed by atoms with E-state index in [0.29, 0.717) is 0 Å². The molecule has 1 N–H and O–H groups in total. The fourth-order valence-electron chi connectivity index (χ4n) is 1.86. The second-order valence-electron chi connectivity index (χ2n) is 4.20. The number of sulfonamides is 1. The zero-order valence-electron chi connectivity index (χ0n) is 8.58. The van der Waals surface area contributed by atoms with E-state index in [4.69, 9.17) is 0 Å². The van der Waals surface area contributed by atoms with Crippen LogP contribution in [0.1, 0.15) is 33.1 Å². The van der Waals surface area contributed by atoms with Crippen molar-refractivity contribution in [3.8, 4) is 0 Å². The number of nitrogens with one attached hydrogen (secondary N) is 1. The van der Waals surface area contributed by atoms with Gasteiger partial charge in [0.2, 0.25) is 10.0 Å². The Balaban J connectivity index is 2.26. The number of hydrogen-bond donors (Lipinski definition) is 1. The summed E-state index contributed by atoms with van der Waals surface area (Å²) < 4.78 is 24.4. The van der Waals surface area contributed by atoms with Gasteiger partial charge in [-0.05, 0) is 24.7 Å². The predicted molar refractivity (Wildman–Crippen MR) is 53.9 cm³/mol. The van der Waals surface area contributed by atoms with Gasteiger partial charge in [0.1, 0.15) is 0 Å². The maximum absolute atomic E-state index is 10.9. The molecular weight excluding hydrogens is 186 g/mol. The third-order valence-corrected chi connectivity index (χ3v) is 3.77. The lowest BCUT2D eigenvalue weighted by atomic mass is 9.72. The van der Waals surface area contributed by atoms with Gasteiger partial charge in [-0.3, -0.25) is 0 Å². The lowest BCUT2D eigenvalue weighted by molar-refractivity contribution is 0.172. The lowest BCUT2D eigenvalue weighted by Crippen LogP contribution is -2.45. The maximum Gasteiger partial charge on any atom is 0.208 e. The fourth-order valence-corrected chi connectivity index (χ4v) is 2.66. The van der Waals surface area contributed by atoms with E-state index in [1.165, 1.54) is 12.7 Å². The van der Waals surface area contributed by atoms with E-state index >= 15 is 0 Å². The molecule has 0 aromatic carbocycles. The summed E-state index contributed by atoms with van der Waals surface area (Å²) in [5, 5.41) is 0. The monoisotopic (exact) mass is 205 g/mol. The lowest BCUT2D eigenvalue weighted by Gasteiger charge is -2.38. The van der Waals surface area contributed by atoms with Crippen molar-refractivity contribution in [1.82, 2.24) is 4.72 Å². The second-order valence-corrected chi connectivity index (χ2v) is 5.98. The Labute approximate surface area is 81.0 Å². The molecule has 1 aliphatic rings. The highest BCUT2D eigenvalue weighted by Gasteiger charge is 2.33. The molecule has 13 heavy (non-hydrogen) atoms. The van der Waals surface area contributed by atoms with Crippen molar-refractivity contribution in [2.24, 2.45) is 11.8 Å². The minimum atomic E-state index is -2.99. The van der Waals surface area contributed by atoms with Gasteiger partial charge in [0, 0.05) is 6.04 Å². The van der Waals surface area contributed by atoms with Gasteiger partial charge in [0.25, 0.3) is 0 Å². The Bertz CT molecular complexity index is 255. The van der Waals surface area contributed by atoms with Gasteiger partial charge in [-0.2, -0.15) is 0 Å². The summed E-state index contributed by atoms with van der Waals surface area (Å²) in [4.78, 5) is 0. The van der Waals surface area contributed by atoms with Crippen molar-refractivity contribution in [2.45, 2.75) is 39.2 Å².